The van der Waals surface area contributed by atoms with Crippen LogP contribution in [-0.2, 0) is 0 Å². The molecule has 2 aromatic carbocycles. The van der Waals surface area contributed by atoms with Gasteiger partial charge in [0.1, 0.15) is 11.5 Å². The van der Waals surface area contributed by atoms with Gasteiger partial charge in [-0.3, -0.25) is 4.79 Å². The van der Waals surface area contributed by atoms with Crippen LogP contribution in [-0.4, -0.2) is 15.9 Å². The minimum atomic E-state index is -0.317. The van der Waals surface area contributed by atoms with Crippen molar-refractivity contribution in [3.8, 4) is 22.5 Å². The van der Waals surface area contributed by atoms with Gasteiger partial charge in [0, 0.05) is 16.7 Å². The summed E-state index contributed by atoms with van der Waals surface area (Å²) in [5, 5.41) is 4.79. The molecule has 0 fully saturated rings. The second kappa shape index (κ2) is 6.80. The molecule has 0 aliphatic carbocycles. The zero-order chi connectivity index (χ0) is 19.0. The molecule has 0 unspecified atom stereocenters. The van der Waals surface area contributed by atoms with E-state index >= 15 is 0 Å². The van der Waals surface area contributed by atoms with E-state index in [4.69, 9.17) is 5.10 Å². The highest BCUT2D eigenvalue weighted by atomic mass is 19.1. The number of carbonyl (C=O) groups is 1. The maximum Gasteiger partial charge on any atom is 0.152 e. The molecule has 0 aliphatic heterocycles. The van der Waals surface area contributed by atoms with E-state index in [0.717, 1.165) is 34.2 Å². The third kappa shape index (κ3) is 2.93. The van der Waals surface area contributed by atoms with Crippen LogP contribution in [0.1, 0.15) is 35.7 Å². The highest BCUT2D eigenvalue weighted by Gasteiger charge is 2.20. The van der Waals surface area contributed by atoms with Crippen LogP contribution in [0.2, 0.25) is 0 Å². The standard InChI is InChI=1S/C23H19FN2O/c1-15(2)22-19(14-27)23(17-8-10-18(24)11-9-17)25-26-20(12-13-21(22)26)16-6-4-3-5-7-16/h3-15H,1-2H3. The van der Waals surface area contributed by atoms with Crippen LogP contribution in [0.4, 0.5) is 4.39 Å². The Hall–Kier alpha value is -3.27. The summed E-state index contributed by atoms with van der Waals surface area (Å²) in [5.41, 5.74) is 5.70. The zero-order valence-electron chi connectivity index (χ0n) is 15.2. The summed E-state index contributed by atoms with van der Waals surface area (Å²) in [6.45, 7) is 4.12. The number of aromatic nitrogens is 2. The normalized spacial score (nSPS) is 11.3. The summed E-state index contributed by atoms with van der Waals surface area (Å²) >= 11 is 0. The smallest absolute Gasteiger partial charge is 0.152 e. The van der Waals surface area contributed by atoms with Crippen LogP contribution in [0.5, 0.6) is 0 Å². The Morgan fingerprint density at radius 1 is 0.926 bits per heavy atom. The third-order valence-electron chi connectivity index (χ3n) is 4.76. The lowest BCUT2D eigenvalue weighted by Crippen LogP contribution is -2.08. The average Bonchev–Trinajstić information content (AvgIpc) is 3.11. The van der Waals surface area contributed by atoms with Crippen LogP contribution in [0, 0.1) is 5.82 Å². The number of benzene rings is 2. The van der Waals surface area contributed by atoms with Gasteiger partial charge in [-0.1, -0.05) is 44.2 Å². The van der Waals surface area contributed by atoms with E-state index in [0.29, 0.717) is 11.3 Å². The van der Waals surface area contributed by atoms with Crippen molar-refractivity contribution >= 4 is 11.8 Å². The van der Waals surface area contributed by atoms with E-state index in [1.165, 1.54) is 12.1 Å². The first-order valence-electron chi connectivity index (χ1n) is 8.92. The maximum absolute atomic E-state index is 13.4. The second-order valence-electron chi connectivity index (χ2n) is 6.84. The fourth-order valence-electron chi connectivity index (χ4n) is 3.53. The van der Waals surface area contributed by atoms with E-state index in [-0.39, 0.29) is 11.7 Å². The molecule has 4 rings (SSSR count). The minimum Gasteiger partial charge on any atom is -0.298 e. The number of hydrogen-bond donors (Lipinski definition) is 0. The van der Waals surface area contributed by atoms with Gasteiger partial charge in [0.05, 0.1) is 11.2 Å². The zero-order valence-corrected chi connectivity index (χ0v) is 15.2. The van der Waals surface area contributed by atoms with Gasteiger partial charge >= 0.3 is 0 Å². The summed E-state index contributed by atoms with van der Waals surface area (Å²) in [5.74, 6) is -0.184. The largest absolute Gasteiger partial charge is 0.298 e. The van der Waals surface area contributed by atoms with Crippen LogP contribution < -0.4 is 0 Å². The van der Waals surface area contributed by atoms with Crippen LogP contribution in [0.25, 0.3) is 28.0 Å². The van der Waals surface area contributed by atoms with Gasteiger partial charge in [0.25, 0.3) is 0 Å². The van der Waals surface area contributed by atoms with Crippen molar-refractivity contribution in [2.45, 2.75) is 19.8 Å². The van der Waals surface area contributed by atoms with Crippen molar-refractivity contribution in [3.05, 3.63) is 83.7 Å². The highest BCUT2D eigenvalue weighted by molar-refractivity contribution is 5.91. The molecular weight excluding hydrogens is 339 g/mol. The first kappa shape index (κ1) is 17.2. The number of halogens is 1. The molecule has 134 valence electrons. The Labute approximate surface area is 157 Å². The molecule has 0 bridgehead atoms. The van der Waals surface area contributed by atoms with Gasteiger partial charge in [-0.05, 0) is 47.9 Å². The second-order valence-corrected chi connectivity index (χ2v) is 6.84. The summed E-state index contributed by atoms with van der Waals surface area (Å²) in [6.07, 6.45) is 0.857. The van der Waals surface area contributed by atoms with Crippen molar-refractivity contribution in [1.29, 1.82) is 0 Å². The molecule has 4 aromatic rings. The van der Waals surface area contributed by atoms with E-state index in [2.05, 4.69) is 13.8 Å². The quantitative estimate of drug-likeness (QED) is 0.436. The van der Waals surface area contributed by atoms with Crippen molar-refractivity contribution in [2.24, 2.45) is 0 Å². The van der Waals surface area contributed by atoms with E-state index in [1.54, 1.807) is 12.1 Å². The van der Waals surface area contributed by atoms with Crippen molar-refractivity contribution < 1.29 is 9.18 Å². The predicted molar refractivity (Wildman–Crippen MR) is 105 cm³/mol. The summed E-state index contributed by atoms with van der Waals surface area (Å²) in [7, 11) is 0. The van der Waals surface area contributed by atoms with Crippen molar-refractivity contribution in [3.63, 3.8) is 0 Å². The van der Waals surface area contributed by atoms with Crippen LogP contribution in [0.3, 0.4) is 0 Å². The molecule has 27 heavy (non-hydrogen) atoms. The van der Waals surface area contributed by atoms with Gasteiger partial charge in [0.15, 0.2) is 6.29 Å². The molecule has 0 spiro atoms. The molecule has 0 atom stereocenters. The lowest BCUT2D eigenvalue weighted by molar-refractivity contribution is 0.112. The first-order chi connectivity index (χ1) is 13.1. The lowest BCUT2D eigenvalue weighted by atomic mass is 9.94. The molecule has 0 saturated carbocycles. The topological polar surface area (TPSA) is 34.4 Å². The number of aldehydes is 1. The highest BCUT2D eigenvalue weighted by Crippen LogP contribution is 2.33. The van der Waals surface area contributed by atoms with Crippen LogP contribution >= 0.6 is 0 Å². The molecule has 3 nitrogen and oxygen atoms in total. The average molecular weight is 358 g/mol. The molecule has 4 heteroatoms. The van der Waals surface area contributed by atoms with Crippen molar-refractivity contribution in [1.82, 2.24) is 9.61 Å². The molecule has 0 aliphatic rings. The fraction of sp³-hybridized carbons (Fsp3) is 0.130. The van der Waals surface area contributed by atoms with E-state index in [9.17, 15) is 9.18 Å². The number of rotatable bonds is 4. The summed E-state index contributed by atoms with van der Waals surface area (Å²) in [6, 6.07) is 20.1. The summed E-state index contributed by atoms with van der Waals surface area (Å²) in [4.78, 5) is 12.0. The summed E-state index contributed by atoms with van der Waals surface area (Å²) < 4.78 is 15.3. The van der Waals surface area contributed by atoms with Gasteiger partial charge in [-0.25, -0.2) is 8.91 Å². The van der Waals surface area contributed by atoms with Gasteiger partial charge in [-0.2, -0.15) is 5.10 Å². The molecule has 0 radical (unpaired) electrons. The molecule has 0 N–H and O–H groups in total. The van der Waals surface area contributed by atoms with E-state index in [1.807, 2.05) is 47.0 Å². The first-order valence-corrected chi connectivity index (χ1v) is 8.92. The predicted octanol–water partition coefficient (Wildman–Crippen LogP) is 5.74. The van der Waals surface area contributed by atoms with Crippen LogP contribution in [0.15, 0.2) is 66.7 Å². The number of fused-ring (bicyclic) bond motifs is 1. The maximum atomic E-state index is 13.4. The Morgan fingerprint density at radius 2 is 1.63 bits per heavy atom. The Morgan fingerprint density at radius 3 is 2.26 bits per heavy atom. The third-order valence-corrected chi connectivity index (χ3v) is 4.76. The molecular formula is C23H19FN2O. The molecule has 0 saturated heterocycles. The monoisotopic (exact) mass is 358 g/mol. The Balaban J connectivity index is 2.08. The number of nitrogens with zero attached hydrogens (tertiary/aromatic N) is 2. The lowest BCUT2D eigenvalue weighted by Gasteiger charge is -2.16. The SMILES string of the molecule is CC(C)c1c(C=O)c(-c2ccc(F)cc2)nn2c(-c3ccccc3)ccc12. The fourth-order valence-corrected chi connectivity index (χ4v) is 3.53. The molecule has 2 heterocycles. The Bertz CT molecular complexity index is 1110. The van der Waals surface area contributed by atoms with Gasteiger partial charge in [-0.15, -0.1) is 0 Å². The molecule has 0 amide bonds. The van der Waals surface area contributed by atoms with Gasteiger partial charge in [0.2, 0.25) is 0 Å². The van der Waals surface area contributed by atoms with Crippen molar-refractivity contribution in [2.75, 3.05) is 0 Å². The Kier molecular flexibility index (Phi) is 4.32. The number of hydrogen-bond acceptors (Lipinski definition) is 2. The number of carbonyl (C=O) groups excluding carboxylic acids is 1. The minimum absolute atomic E-state index is 0.133. The molecule has 2 aromatic heterocycles. The van der Waals surface area contributed by atoms with Gasteiger partial charge < -0.3 is 0 Å². The van der Waals surface area contributed by atoms with E-state index < -0.39 is 0 Å².